The summed E-state index contributed by atoms with van der Waals surface area (Å²) in [7, 11) is 0. The van der Waals surface area contributed by atoms with Crippen molar-refractivity contribution in [3.05, 3.63) is 36.3 Å². The highest BCUT2D eigenvalue weighted by molar-refractivity contribution is 7.99. The molecule has 0 bridgehead atoms. The van der Waals surface area contributed by atoms with Gasteiger partial charge in [0.2, 0.25) is 142 Å². The van der Waals surface area contributed by atoms with Crippen molar-refractivity contribution in [1.29, 1.82) is 0 Å². The van der Waals surface area contributed by atoms with Gasteiger partial charge in [-0.25, -0.2) is 125 Å². The molecule has 0 aliphatic carbocycles. The third kappa shape index (κ3) is 44.1. The highest BCUT2D eigenvalue weighted by Crippen LogP contribution is 2.33. The van der Waals surface area contributed by atoms with E-state index in [2.05, 4.69) is 133 Å². The van der Waals surface area contributed by atoms with E-state index in [1.165, 1.54) is 48.5 Å². The van der Waals surface area contributed by atoms with Crippen molar-refractivity contribution in [2.45, 2.75) is 312 Å². The molecular weight excluding hydrogens is 1990 g/mol. The number of allylic oxidation sites excluding steroid dienone is 1. The van der Waals surface area contributed by atoms with Gasteiger partial charge in [-0.2, -0.15) is 23.5 Å². The number of thioether (sulfide) groups is 2. The second kappa shape index (κ2) is 62.1. The van der Waals surface area contributed by atoms with Crippen LogP contribution in [0.2, 0.25) is 0 Å². The standard InChI is InChI=1S/C95H155N25O27S2/c1-25-48(17)73(92(144)113-62-32-95(120-79(131)54(23)103-75(127)51(20)105-85(62)137)40-149-39-65(87(139)112-61(93(145)146)31-45(11)12)116-84(136)59(29-43(7)8)110-83(135)60(30-44(9)10)111-91(143)72(47(15)16)119-94(95)147)118-88(140)64-38-148-37-63(114-76(128)49(18)101-69(125)36-99-67(123)34-97-66(122)33-98-68(124)35-100-89(141)70(96)55(24)121)86(138)107-56(26-2)80(132)117-71(46(13)14)90(142)106-53(22)77(129)108-58(28-42(5)6)82(134)109-57(27-41(3)4)81(133)104-50(19)74(126)102-52(21)78(130)115-64/h26,41-51,54-55,57-65,70-73,121H,21-22,25,27-40,96H2,1-20,23-24H3,(H,97,122)(H,98,124)(H,99,123)(H,100,141)(H,101,125)(H,102,126)(H,103,127)(H,104,133)(H,105,137)(H,106,142)(H,107,138)(H,108,129)(H,109,134)(H,110,135)(H,111,143)(H,112,139)(H,113,144)(H,114,128)(H,115,130)(H,116,136)(H,117,132)(H,118,140)(H,119,147)(H,120,131)(H,145,146)/b56-26-/t48-,49-,50-,51-,54-,55+,57-,58-,59-,60-,61-,62-,63+,64-,65-,70-,71-,72-,73-,95+/m0/s1. The van der Waals surface area contributed by atoms with Gasteiger partial charge < -0.3 is 139 Å². The maximum Gasteiger partial charge on any atom is 0.328 e. The molecule has 52 nitrogen and oxygen atoms in total. The second-order valence-electron chi connectivity index (χ2n) is 38.6. The number of aliphatic hydroxyl groups is 25. The Morgan fingerprint density at radius 3 is 1.34 bits per heavy atom. The first kappa shape index (κ1) is 130. The molecule has 834 valence electrons. The Kier molecular flexibility index (Phi) is 54.1. The van der Waals surface area contributed by atoms with Crippen molar-refractivity contribution in [1.82, 2.24) is 0 Å². The Morgan fingerprint density at radius 1 is 0.430 bits per heavy atom. The predicted octanol–water partition coefficient (Wildman–Crippen LogP) is 12.9. The lowest BCUT2D eigenvalue weighted by atomic mass is 9.91. The van der Waals surface area contributed by atoms with Crippen molar-refractivity contribution in [2.24, 2.45) is 173 Å². The van der Waals surface area contributed by atoms with Crippen LogP contribution < -0.4 is 5.73 Å². The molecule has 149 heavy (non-hydrogen) atoms. The number of hydrogen-bond acceptors (Lipinski definition) is 29. The lowest BCUT2D eigenvalue weighted by Crippen LogP contribution is -2.47. The largest absolute Gasteiger partial charge is 0.495 e. The van der Waals surface area contributed by atoms with Gasteiger partial charge in [-0.05, 0) is 121 Å². The van der Waals surface area contributed by atoms with Crippen molar-refractivity contribution >= 4 is 171 Å². The smallest absolute Gasteiger partial charge is 0.328 e. The number of nitrogens with zero attached hydrogens (tertiary/aromatic N) is 24. The van der Waals surface area contributed by atoms with Gasteiger partial charge in [0.15, 0.2) is 11.6 Å². The zero-order valence-electron chi connectivity index (χ0n) is 88.3. The summed E-state index contributed by atoms with van der Waals surface area (Å²) < 4.78 is 0. The van der Waals surface area contributed by atoms with E-state index in [9.17, 15) is 138 Å². The summed E-state index contributed by atoms with van der Waals surface area (Å²) in [5.74, 6) is -29.9. The van der Waals surface area contributed by atoms with Crippen LogP contribution in [0.5, 0.6) is 0 Å². The average molecular weight is 2140 g/mol. The van der Waals surface area contributed by atoms with Crippen molar-refractivity contribution in [2.75, 3.05) is 49.2 Å². The summed E-state index contributed by atoms with van der Waals surface area (Å²) in [6.45, 7) is 39.2. The Labute approximate surface area is 874 Å². The summed E-state index contributed by atoms with van der Waals surface area (Å²) in [5, 5.41) is 303. The molecule has 0 saturated carbocycles. The monoisotopic (exact) mass is 2140 g/mol. The van der Waals surface area contributed by atoms with Crippen LogP contribution in [0, 0.1) is 47.3 Å². The first-order valence-electron chi connectivity index (χ1n) is 48.5. The summed E-state index contributed by atoms with van der Waals surface area (Å²) in [6.07, 6.45) is -1.18. The zero-order chi connectivity index (χ0) is 113. The SMILES string of the molecule is C=C1N=C(O)[C@H](C(C)C)N=C(O)/C(=C/C)N=C(O)[C@H](N=C(O)[C@H](C)N=C(O)CN=C(O)CN=C(O)CN=C(O)CN=C(O)[C@@H](N)[C@@H](C)O)CSC[C@@H](C(O)=N[C@H](C(O)=N[C@H]2C[C@]3(CSC[C@@H](C(O)=N[C@@H](CC(C)C)C(=O)O)N=C(O)[C@H](CC(C)C)N=C(O)[C@H](CC(C)C)N=C(O)[C@H](C(C)C)N=C3O)N=C(O)[C@H](C)N=C(O)[C@H](C)N=C2O)[C@@H](C)CC)N=C(O)C(=C)N=C(O)[C@H](C)N=C(O)[C@H](CC(C)C)N=C(O)[C@H](CC(C)C)N=C1O. The Balaban J connectivity index is 2.78. The zero-order valence-corrected chi connectivity index (χ0v) is 89.9. The predicted molar refractivity (Wildman–Crippen MR) is 592 cm³/mol. The van der Waals surface area contributed by atoms with Crippen LogP contribution in [0.4, 0.5) is 0 Å². The van der Waals surface area contributed by atoms with E-state index in [4.69, 9.17) is 5.73 Å². The number of hydrogen-bond donors (Lipinski definition) is 27. The van der Waals surface area contributed by atoms with E-state index < -0.39 is 352 Å². The lowest BCUT2D eigenvalue weighted by molar-refractivity contribution is -0.138. The van der Waals surface area contributed by atoms with Gasteiger partial charge in [-0.1, -0.05) is 136 Å². The fourth-order valence-corrected chi connectivity index (χ4v) is 15.8. The first-order chi connectivity index (χ1) is 69.4. The van der Waals surface area contributed by atoms with Crippen molar-refractivity contribution < 1.29 is 138 Å². The van der Waals surface area contributed by atoms with E-state index in [0.29, 0.717) is 11.8 Å². The molecule has 0 amide bonds. The fourth-order valence-electron chi connectivity index (χ4n) is 13.6. The average Bonchev–Trinajstić information content (AvgIpc) is 1.78. The van der Waals surface area contributed by atoms with Gasteiger partial charge in [0.25, 0.3) is 0 Å². The number of aliphatic imine (C=N–C) groups is 24. The molecule has 54 heteroatoms. The Hall–Kier alpha value is -13.4. The molecule has 0 saturated heterocycles. The number of carbonyl (C=O) groups is 1. The number of aliphatic carboxylic acids is 1. The molecule has 20 atom stereocenters. The maximum absolute atomic E-state index is 13.2. The van der Waals surface area contributed by atoms with E-state index in [0.717, 1.165) is 17.8 Å². The minimum atomic E-state index is -2.62. The number of rotatable bonds is 34. The summed E-state index contributed by atoms with van der Waals surface area (Å²) in [5.41, 5.74) is 1.07. The summed E-state index contributed by atoms with van der Waals surface area (Å²) in [6, 6.07) is -27.3. The second-order valence-corrected chi connectivity index (χ2v) is 40.7. The van der Waals surface area contributed by atoms with Crippen LogP contribution in [0.3, 0.4) is 0 Å². The third-order valence-corrected chi connectivity index (χ3v) is 24.5. The van der Waals surface area contributed by atoms with Crippen molar-refractivity contribution in [3.8, 4) is 0 Å². The van der Waals surface area contributed by atoms with Gasteiger partial charge in [-0.3, -0.25) is 0 Å². The van der Waals surface area contributed by atoms with Crippen LogP contribution in [0.15, 0.2) is 156 Å². The number of nitrogens with two attached hydrogens (primary N) is 1. The summed E-state index contributed by atoms with van der Waals surface area (Å²) in [4.78, 5) is 114. The van der Waals surface area contributed by atoms with Gasteiger partial charge in [0.05, 0.1) is 6.10 Å². The molecule has 0 radical (unpaired) electrons. The van der Waals surface area contributed by atoms with E-state index in [1.807, 2.05) is 0 Å². The normalized spacial score (nSPS) is 26.5. The molecule has 3 aliphatic heterocycles. The number of carboxylic acids is 1. The third-order valence-electron chi connectivity index (χ3n) is 22.2. The van der Waals surface area contributed by atoms with Crippen LogP contribution >= 0.6 is 23.5 Å². The van der Waals surface area contributed by atoms with E-state index >= 15 is 0 Å². The first-order valence-corrected chi connectivity index (χ1v) is 50.8. The van der Waals surface area contributed by atoms with Crippen molar-refractivity contribution in [3.63, 3.8) is 0 Å². The maximum atomic E-state index is 13.2. The van der Waals surface area contributed by atoms with Gasteiger partial charge in [0.1, 0.15) is 140 Å². The topological polar surface area (TPSA) is 866 Å². The van der Waals surface area contributed by atoms with Gasteiger partial charge in [-0.15, -0.1) is 0 Å². The van der Waals surface area contributed by atoms with Crippen LogP contribution in [-0.4, -0.2) is 444 Å². The van der Waals surface area contributed by atoms with Gasteiger partial charge in [0, 0.05) is 29.4 Å². The molecule has 0 fully saturated rings. The molecule has 0 unspecified atom stereocenters. The quantitative estimate of drug-likeness (QED) is 0.0210. The highest BCUT2D eigenvalue weighted by atomic mass is 32.2. The Morgan fingerprint density at radius 2 is 0.852 bits per heavy atom. The molecule has 3 aliphatic rings. The molecular formula is C95H155N25O27S2. The number of aliphatic hydroxyl groups excluding tert-OH is 25. The van der Waals surface area contributed by atoms with Crippen LogP contribution in [-0.2, 0) is 4.79 Å². The van der Waals surface area contributed by atoms with Gasteiger partial charge >= 0.3 is 5.97 Å². The molecule has 0 aromatic heterocycles. The molecule has 3 heterocycles. The molecule has 3 rings (SSSR count). The number of carboxylic acid groups (broad SMARTS) is 1. The highest BCUT2D eigenvalue weighted by Gasteiger charge is 2.45. The Bertz CT molecular complexity index is 5330. The van der Waals surface area contributed by atoms with Crippen LogP contribution in [0.25, 0.3) is 0 Å². The molecule has 1 spiro atoms. The minimum Gasteiger partial charge on any atom is -0.495 e. The van der Waals surface area contributed by atoms with Crippen LogP contribution in [0.1, 0.15) is 197 Å². The lowest BCUT2D eigenvalue weighted by Gasteiger charge is -2.32. The minimum absolute atomic E-state index is 0.00444. The van der Waals surface area contributed by atoms with E-state index in [1.54, 1.807) is 104 Å². The molecule has 0 aromatic rings. The van der Waals surface area contributed by atoms with E-state index in [-0.39, 0.29) is 68.1 Å². The molecule has 28 N–H and O–H groups in total. The summed E-state index contributed by atoms with van der Waals surface area (Å²) >= 11 is 1.38. The molecule has 0 aromatic carbocycles. The fraction of sp³-hybridized carbons (Fsp3) is 0.674.